The van der Waals surface area contributed by atoms with Crippen molar-refractivity contribution in [2.75, 3.05) is 36.5 Å². The number of hydrogen-bond donors (Lipinski definition) is 2. The molecule has 0 bridgehead atoms. The molecule has 2 saturated heterocycles. The van der Waals surface area contributed by atoms with Crippen molar-refractivity contribution in [1.29, 1.82) is 0 Å². The van der Waals surface area contributed by atoms with Crippen molar-refractivity contribution >= 4 is 28.9 Å². The van der Waals surface area contributed by atoms with E-state index in [-0.39, 0.29) is 5.91 Å². The van der Waals surface area contributed by atoms with Gasteiger partial charge < -0.3 is 20.3 Å². The fourth-order valence-electron chi connectivity index (χ4n) is 4.03. The minimum absolute atomic E-state index is 0.154. The van der Waals surface area contributed by atoms with Crippen molar-refractivity contribution in [3.63, 3.8) is 0 Å². The maximum absolute atomic E-state index is 12.3. The lowest BCUT2D eigenvalue weighted by molar-refractivity contribution is 0.102. The number of carbonyl (C=O) groups excluding carboxylic acids is 1. The smallest absolute Gasteiger partial charge is 0.255 e. The van der Waals surface area contributed by atoms with Gasteiger partial charge in [0.1, 0.15) is 0 Å². The Bertz CT molecular complexity index is 813. The third kappa shape index (κ3) is 5.50. The number of piperidine rings is 1. The molecule has 4 rings (SSSR count). The van der Waals surface area contributed by atoms with Gasteiger partial charge in [0, 0.05) is 54.2 Å². The molecule has 1 amide bonds. The first kappa shape index (κ1) is 20.2. The quantitative estimate of drug-likeness (QED) is 0.740. The van der Waals surface area contributed by atoms with E-state index in [9.17, 15) is 4.79 Å². The highest BCUT2D eigenvalue weighted by Crippen LogP contribution is 2.23. The third-order valence-electron chi connectivity index (χ3n) is 5.73. The van der Waals surface area contributed by atoms with Gasteiger partial charge in [-0.1, -0.05) is 17.7 Å². The summed E-state index contributed by atoms with van der Waals surface area (Å²) in [6.45, 7) is 3.97. The van der Waals surface area contributed by atoms with Crippen LogP contribution in [0.1, 0.15) is 36.0 Å². The van der Waals surface area contributed by atoms with Gasteiger partial charge in [-0.2, -0.15) is 0 Å². The molecule has 2 aromatic carbocycles. The van der Waals surface area contributed by atoms with Crippen LogP contribution in [0.3, 0.4) is 0 Å². The molecule has 0 radical (unpaired) electrons. The summed E-state index contributed by atoms with van der Waals surface area (Å²) in [6.07, 6.45) is 5.06. The number of ether oxygens (including phenoxy) is 1. The molecule has 2 heterocycles. The van der Waals surface area contributed by atoms with E-state index in [0.29, 0.717) is 22.7 Å². The zero-order valence-corrected chi connectivity index (χ0v) is 17.3. The van der Waals surface area contributed by atoms with Crippen molar-refractivity contribution in [1.82, 2.24) is 5.32 Å². The number of carbonyl (C=O) groups is 1. The molecule has 1 atom stereocenters. The van der Waals surface area contributed by atoms with E-state index in [0.717, 1.165) is 44.8 Å². The molecular formula is C23H28ClN3O2. The third-order valence-corrected chi connectivity index (χ3v) is 5.97. The summed E-state index contributed by atoms with van der Waals surface area (Å²) in [7, 11) is 0. The Morgan fingerprint density at radius 2 is 1.90 bits per heavy atom. The van der Waals surface area contributed by atoms with E-state index >= 15 is 0 Å². The van der Waals surface area contributed by atoms with Crippen LogP contribution in [0, 0.1) is 0 Å². The minimum atomic E-state index is -0.154. The topological polar surface area (TPSA) is 53.6 Å². The van der Waals surface area contributed by atoms with Crippen LogP contribution < -0.4 is 15.5 Å². The second-order valence-corrected chi connectivity index (χ2v) is 8.25. The summed E-state index contributed by atoms with van der Waals surface area (Å²) in [5.41, 5.74) is 2.54. The first-order valence-corrected chi connectivity index (χ1v) is 10.8. The van der Waals surface area contributed by atoms with Gasteiger partial charge in [-0.25, -0.2) is 0 Å². The molecule has 0 spiro atoms. The van der Waals surface area contributed by atoms with Crippen LogP contribution in [0.2, 0.25) is 5.02 Å². The fourth-order valence-corrected chi connectivity index (χ4v) is 4.22. The lowest BCUT2D eigenvalue weighted by Gasteiger charge is -2.34. The summed E-state index contributed by atoms with van der Waals surface area (Å²) in [5.74, 6) is -0.154. The van der Waals surface area contributed by atoms with Crippen LogP contribution in [-0.2, 0) is 4.74 Å². The molecule has 1 unspecified atom stereocenters. The van der Waals surface area contributed by atoms with Crippen molar-refractivity contribution in [2.24, 2.45) is 0 Å². The fraction of sp³-hybridized carbons (Fsp3) is 0.435. The highest BCUT2D eigenvalue weighted by Gasteiger charge is 2.21. The molecule has 0 saturated carbocycles. The van der Waals surface area contributed by atoms with Crippen LogP contribution in [0.15, 0.2) is 48.5 Å². The van der Waals surface area contributed by atoms with Crippen molar-refractivity contribution < 1.29 is 9.53 Å². The summed E-state index contributed by atoms with van der Waals surface area (Å²) in [4.78, 5) is 14.8. The number of hydrogen-bond acceptors (Lipinski definition) is 4. The predicted molar refractivity (Wildman–Crippen MR) is 118 cm³/mol. The maximum Gasteiger partial charge on any atom is 0.255 e. The Balaban J connectivity index is 1.25. The van der Waals surface area contributed by atoms with E-state index < -0.39 is 0 Å². The van der Waals surface area contributed by atoms with Gasteiger partial charge in [0.05, 0.1) is 6.10 Å². The molecule has 0 aliphatic carbocycles. The first-order chi connectivity index (χ1) is 14.2. The van der Waals surface area contributed by atoms with Gasteiger partial charge in [-0.3, -0.25) is 4.79 Å². The summed E-state index contributed by atoms with van der Waals surface area (Å²) in [6, 6.07) is 15.6. The number of amides is 1. The molecule has 6 heteroatoms. The molecule has 2 aliphatic rings. The van der Waals surface area contributed by atoms with Crippen LogP contribution in [0.4, 0.5) is 11.4 Å². The second kappa shape index (κ2) is 9.61. The summed E-state index contributed by atoms with van der Waals surface area (Å²) < 4.78 is 5.70. The molecule has 2 N–H and O–H groups in total. The van der Waals surface area contributed by atoms with E-state index in [1.165, 1.54) is 18.5 Å². The Kier molecular flexibility index (Phi) is 6.70. The normalized spacial score (nSPS) is 20.0. The minimum Gasteiger partial charge on any atom is -0.377 e. The molecule has 2 aliphatic heterocycles. The zero-order valence-electron chi connectivity index (χ0n) is 16.6. The number of halogens is 1. The molecule has 2 aromatic rings. The van der Waals surface area contributed by atoms with Gasteiger partial charge in [-0.05, 0) is 68.1 Å². The van der Waals surface area contributed by atoms with Crippen molar-refractivity contribution in [3.05, 3.63) is 59.1 Å². The Morgan fingerprint density at radius 1 is 1.10 bits per heavy atom. The van der Waals surface area contributed by atoms with E-state index in [1.54, 1.807) is 24.3 Å². The van der Waals surface area contributed by atoms with Gasteiger partial charge in [0.25, 0.3) is 5.91 Å². The van der Waals surface area contributed by atoms with Crippen LogP contribution in [-0.4, -0.2) is 44.3 Å². The van der Waals surface area contributed by atoms with Crippen LogP contribution in [0.5, 0.6) is 0 Å². The van der Waals surface area contributed by atoms with Crippen molar-refractivity contribution in [3.8, 4) is 0 Å². The van der Waals surface area contributed by atoms with Crippen molar-refractivity contribution in [2.45, 2.75) is 37.8 Å². The number of anilines is 2. The van der Waals surface area contributed by atoms with E-state index in [2.05, 4.69) is 27.7 Å². The lowest BCUT2D eigenvalue weighted by Crippen LogP contribution is -2.44. The average Bonchev–Trinajstić information content (AvgIpc) is 3.27. The van der Waals surface area contributed by atoms with Gasteiger partial charge in [-0.15, -0.1) is 0 Å². The molecule has 154 valence electrons. The molecule has 2 fully saturated rings. The molecule has 29 heavy (non-hydrogen) atoms. The number of benzene rings is 2. The largest absolute Gasteiger partial charge is 0.377 e. The standard InChI is InChI=1S/C23H28ClN3O2/c24-18-4-1-3-17(15-18)23(28)26-20-6-8-21(9-7-20)27-12-10-19(11-13-27)25-16-22-5-2-14-29-22/h1,3-4,6-9,15,19,22,25H,2,5,10-14,16H2,(H,26,28). The zero-order chi connectivity index (χ0) is 20.1. The van der Waals surface area contributed by atoms with Gasteiger partial charge in [0.2, 0.25) is 0 Å². The maximum atomic E-state index is 12.3. The number of rotatable bonds is 6. The summed E-state index contributed by atoms with van der Waals surface area (Å²) >= 11 is 5.97. The van der Waals surface area contributed by atoms with Gasteiger partial charge in [0.15, 0.2) is 0 Å². The lowest BCUT2D eigenvalue weighted by atomic mass is 10.0. The molecular weight excluding hydrogens is 386 g/mol. The SMILES string of the molecule is O=C(Nc1ccc(N2CCC(NCC3CCCO3)CC2)cc1)c1cccc(Cl)c1. The predicted octanol–water partition coefficient (Wildman–Crippen LogP) is 4.33. The first-order valence-electron chi connectivity index (χ1n) is 10.4. The Morgan fingerprint density at radius 3 is 2.59 bits per heavy atom. The molecule has 5 nitrogen and oxygen atoms in total. The number of nitrogens with zero attached hydrogens (tertiary/aromatic N) is 1. The van der Waals surface area contributed by atoms with Crippen LogP contribution >= 0.6 is 11.6 Å². The molecule has 0 aromatic heterocycles. The number of nitrogens with one attached hydrogen (secondary N) is 2. The van der Waals surface area contributed by atoms with E-state index in [1.807, 2.05) is 12.1 Å². The average molecular weight is 414 g/mol. The Labute approximate surface area is 177 Å². The van der Waals surface area contributed by atoms with Gasteiger partial charge >= 0.3 is 0 Å². The Hall–Kier alpha value is -2.08. The van der Waals surface area contributed by atoms with Crippen LogP contribution in [0.25, 0.3) is 0 Å². The highest BCUT2D eigenvalue weighted by molar-refractivity contribution is 6.31. The van der Waals surface area contributed by atoms with E-state index in [4.69, 9.17) is 16.3 Å². The monoisotopic (exact) mass is 413 g/mol. The highest BCUT2D eigenvalue weighted by atomic mass is 35.5. The second-order valence-electron chi connectivity index (χ2n) is 7.82. The summed E-state index contributed by atoms with van der Waals surface area (Å²) in [5, 5.41) is 7.16.